The molecule has 1 atom stereocenters. The van der Waals surface area contributed by atoms with Crippen molar-refractivity contribution >= 4 is 5.92 Å². The summed E-state index contributed by atoms with van der Waals surface area (Å²) in [5.74, 6) is 0.162. The molecule has 3 heteroatoms. The second-order valence-electron chi connectivity index (χ2n) is 10.9. The van der Waals surface area contributed by atoms with Gasteiger partial charge in [-0.25, -0.2) is 0 Å². The van der Waals surface area contributed by atoms with Gasteiger partial charge in [0.2, 0.25) is 0 Å². The second kappa shape index (κ2) is 14.7. The zero-order valence-corrected chi connectivity index (χ0v) is 26.8. The summed E-state index contributed by atoms with van der Waals surface area (Å²) in [6.45, 7) is 14.9. The summed E-state index contributed by atoms with van der Waals surface area (Å²) in [7, 11) is 0. The van der Waals surface area contributed by atoms with Crippen LogP contribution in [-0.4, -0.2) is 12.0 Å². The summed E-state index contributed by atoms with van der Waals surface area (Å²) in [6.07, 6.45) is 11.7. The third kappa shape index (κ3) is 8.24. The summed E-state index contributed by atoms with van der Waals surface area (Å²) >= 11 is -1.63. The predicted octanol–water partition coefficient (Wildman–Crippen LogP) is 9.21. The van der Waals surface area contributed by atoms with Gasteiger partial charge in [-0.1, -0.05) is 60.7 Å². The molecule has 0 aromatic heterocycles. The second-order valence-corrected chi connectivity index (χ2v) is 29.2. The molecule has 0 spiro atoms. The fraction of sp³-hybridized carbons (Fsp3) is 0.500. The van der Waals surface area contributed by atoms with E-state index in [1.807, 2.05) is 15.4 Å². The molecule has 1 unspecified atom stereocenters. The minimum atomic E-state index is -1.63. The topological polar surface area (TPSA) is 12.0 Å². The smallest absolute Gasteiger partial charge is 0.0184 e. The molecule has 0 saturated heterocycles. The molecule has 1 nitrogen and oxygen atoms in total. The summed E-state index contributed by atoms with van der Waals surface area (Å²) in [5.41, 5.74) is 7.50. The maximum atomic E-state index is 4.37. The first-order valence-corrected chi connectivity index (χ1v) is 23.6. The van der Waals surface area contributed by atoms with Gasteiger partial charge in [0.15, 0.2) is 0 Å². The Labute approximate surface area is 225 Å². The summed E-state index contributed by atoms with van der Waals surface area (Å²) in [5, 5.41) is 0. The molecule has 1 saturated carbocycles. The van der Waals surface area contributed by atoms with Gasteiger partial charge in [0.05, 0.1) is 0 Å². The van der Waals surface area contributed by atoms with E-state index in [0.29, 0.717) is 0 Å². The molecule has 35 heavy (non-hydrogen) atoms. The zero-order chi connectivity index (χ0) is 25.2. The Morgan fingerprint density at radius 2 is 1.14 bits per heavy atom. The number of hydrogen-bond donors (Lipinski definition) is 1. The molecule has 2 aliphatic rings. The molecule has 4 rings (SSSR count). The minimum Gasteiger partial charge on any atom is -0.0622 e. The van der Waals surface area contributed by atoms with Crippen LogP contribution in [0.4, 0.5) is 0 Å². The molecule has 1 fully saturated rings. The van der Waals surface area contributed by atoms with Crippen molar-refractivity contribution in [1.29, 1.82) is 0 Å². The van der Waals surface area contributed by atoms with Gasteiger partial charge >= 0.3 is 155 Å². The summed E-state index contributed by atoms with van der Waals surface area (Å²) in [6, 6.07) is 21.6. The van der Waals surface area contributed by atoms with E-state index in [9.17, 15) is 0 Å². The number of nitrogens with one attached hydrogen (secondary N) is 1. The van der Waals surface area contributed by atoms with Crippen LogP contribution in [0.2, 0.25) is 13.1 Å². The van der Waals surface area contributed by atoms with Gasteiger partial charge in [-0.3, -0.25) is 0 Å². The van der Waals surface area contributed by atoms with E-state index in [0.717, 1.165) is 12.0 Å². The third-order valence-corrected chi connectivity index (χ3v) is 25.8. The molecule has 1 N–H and O–H groups in total. The maximum Gasteiger partial charge on any atom is -0.0184 e. The predicted molar refractivity (Wildman–Crippen MR) is 155 cm³/mol. The van der Waals surface area contributed by atoms with Gasteiger partial charge in [0, 0.05) is 0 Å². The van der Waals surface area contributed by atoms with Gasteiger partial charge in [0.25, 0.3) is 0 Å². The molecule has 189 valence electrons. The van der Waals surface area contributed by atoms with Crippen LogP contribution in [0.3, 0.4) is 0 Å². The van der Waals surface area contributed by atoms with E-state index >= 15 is 0 Å². The molecule has 0 radical (unpaired) electrons. The SMILES string of the molecule is CC1=C(C)C(C)[C]([Zr]([NH]C2CCCCCCCC2)[SiH](C)C)=C1C.c1ccc(-c2ccccc2)cc1. The van der Waals surface area contributed by atoms with Crippen LogP contribution in [0, 0.1) is 5.92 Å². The average Bonchev–Trinajstić information content (AvgIpc) is 3.16. The Morgan fingerprint density at radius 3 is 1.54 bits per heavy atom. The molecule has 0 aliphatic heterocycles. The van der Waals surface area contributed by atoms with Crippen molar-refractivity contribution < 1.29 is 21.2 Å². The first-order valence-electron chi connectivity index (χ1n) is 14.0. The van der Waals surface area contributed by atoms with Crippen LogP contribution in [0.25, 0.3) is 11.1 Å². The van der Waals surface area contributed by atoms with Crippen LogP contribution in [0.15, 0.2) is 80.7 Å². The van der Waals surface area contributed by atoms with Crippen LogP contribution in [0.5, 0.6) is 0 Å². The molecule has 2 aromatic rings. The summed E-state index contributed by atoms with van der Waals surface area (Å²) < 4.78 is 6.30. The Balaban J connectivity index is 0.000000237. The number of hydrogen-bond acceptors (Lipinski definition) is 1. The van der Waals surface area contributed by atoms with Crippen molar-refractivity contribution in [1.82, 2.24) is 3.26 Å². The monoisotopic (exact) mass is 564 g/mol. The van der Waals surface area contributed by atoms with E-state index < -0.39 is 27.1 Å². The van der Waals surface area contributed by atoms with E-state index in [1.165, 1.54) is 62.5 Å². The average molecular weight is 566 g/mol. The molecule has 0 bridgehead atoms. The van der Waals surface area contributed by atoms with Crippen molar-refractivity contribution in [2.45, 2.75) is 98.2 Å². The van der Waals surface area contributed by atoms with Gasteiger partial charge in [0.1, 0.15) is 0 Å². The van der Waals surface area contributed by atoms with Crippen molar-refractivity contribution in [3.8, 4) is 11.1 Å². The maximum absolute atomic E-state index is 4.37. The van der Waals surface area contributed by atoms with Gasteiger partial charge in [-0.15, -0.1) is 0 Å². The number of rotatable bonds is 5. The molecule has 0 heterocycles. The van der Waals surface area contributed by atoms with Crippen molar-refractivity contribution in [2.75, 3.05) is 0 Å². The van der Waals surface area contributed by atoms with E-state index in [-0.39, 0.29) is 0 Å². The van der Waals surface area contributed by atoms with Gasteiger partial charge < -0.3 is 0 Å². The van der Waals surface area contributed by atoms with Crippen molar-refractivity contribution in [3.05, 3.63) is 80.7 Å². The third-order valence-electron chi connectivity index (χ3n) is 8.10. The van der Waals surface area contributed by atoms with Crippen LogP contribution < -0.4 is 3.26 Å². The Hall–Kier alpha value is -1.02. The van der Waals surface area contributed by atoms with Crippen LogP contribution in [-0.2, 0) is 21.2 Å². The first-order chi connectivity index (χ1) is 16.9. The van der Waals surface area contributed by atoms with Crippen molar-refractivity contribution in [2.24, 2.45) is 5.92 Å². The van der Waals surface area contributed by atoms with Crippen molar-refractivity contribution in [3.63, 3.8) is 0 Å². The molecular formula is C32H48NSiZr. The Morgan fingerprint density at radius 1 is 0.686 bits per heavy atom. The largest absolute Gasteiger partial charge is 0.0622 e. The quantitative estimate of drug-likeness (QED) is 0.356. The van der Waals surface area contributed by atoms with Crippen LogP contribution >= 0.6 is 0 Å². The normalized spacial score (nSPS) is 19.7. The fourth-order valence-electron chi connectivity index (χ4n) is 5.61. The molecule has 2 aromatic carbocycles. The van der Waals surface area contributed by atoms with Crippen LogP contribution in [0.1, 0.15) is 79.1 Å². The number of allylic oxidation sites excluding steroid dienone is 4. The summed E-state index contributed by atoms with van der Waals surface area (Å²) in [4.78, 5) is 0. The van der Waals surface area contributed by atoms with E-state index in [1.54, 1.807) is 16.7 Å². The van der Waals surface area contributed by atoms with E-state index in [2.05, 4.69) is 92.6 Å². The fourth-order valence-corrected chi connectivity index (χ4v) is 23.1. The minimum absolute atomic E-state index is 0.577. The molecule has 2 aliphatic carbocycles. The Bertz CT molecular complexity index is 916. The Kier molecular flexibility index (Phi) is 12.0. The first kappa shape index (κ1) is 28.5. The van der Waals surface area contributed by atoms with Gasteiger partial charge in [-0.2, -0.15) is 0 Å². The zero-order valence-electron chi connectivity index (χ0n) is 23.2. The number of benzene rings is 2. The molecular weight excluding hydrogens is 518 g/mol. The standard InChI is InChI=1S/C12H10.C9H18N.C9H13.C2H7Si.Zr/c1-3-7-11(8-4-1)12-9-5-2-6-10-12;10-9-7-5-3-1-2-4-6-8-9;1-6-5-7(2)9(4)8(6)3;1-3-2;/h1-10H;9-10H,1-8H2;6H,1-4H3;3H,1-2H3;/q;-1;;;+1. The van der Waals surface area contributed by atoms with E-state index in [4.69, 9.17) is 0 Å². The molecule has 0 amide bonds. The van der Waals surface area contributed by atoms with Gasteiger partial charge in [-0.05, 0) is 11.1 Å².